The first-order valence-corrected chi connectivity index (χ1v) is 12.8. The largest absolute Gasteiger partial charge is 0.451 e. The maximum atomic E-state index is 13.7. The standard InChI is InChI=1S/C29H34N4O5/c1-18(2)25(30)29(36)38-17-37-27-23(34)15-31-33-22(16-32(19(3)4)28(35)26(27)33)24(20-11-7-5-8-12-20)21-13-9-6-10-14-21/h5-15,18-19,22,24-25H,16-17,30H2,1-4H3/t22-,25+/m1/s1. The van der Waals surface area contributed by atoms with Crippen molar-refractivity contribution in [2.45, 2.75) is 51.7 Å². The third-order valence-electron chi connectivity index (χ3n) is 6.85. The number of carbonyl (C=O) groups excluding carboxylic acids is 2. The van der Waals surface area contributed by atoms with Gasteiger partial charge in [-0.15, -0.1) is 0 Å². The maximum absolute atomic E-state index is 13.7. The highest BCUT2D eigenvalue weighted by Gasteiger charge is 2.41. The number of ether oxygens (including phenoxy) is 2. The average Bonchev–Trinajstić information content (AvgIpc) is 2.91. The van der Waals surface area contributed by atoms with Crippen LogP contribution in [0.15, 0.2) is 71.7 Å². The van der Waals surface area contributed by atoms with Gasteiger partial charge in [-0.05, 0) is 30.9 Å². The smallest absolute Gasteiger partial charge is 0.326 e. The summed E-state index contributed by atoms with van der Waals surface area (Å²) in [5.74, 6) is -1.52. The summed E-state index contributed by atoms with van der Waals surface area (Å²) in [7, 11) is 0. The predicted molar refractivity (Wildman–Crippen MR) is 143 cm³/mol. The first-order valence-electron chi connectivity index (χ1n) is 12.8. The van der Waals surface area contributed by atoms with Crippen molar-refractivity contribution in [2.24, 2.45) is 11.7 Å². The SMILES string of the molecule is CC(C)[C@H](N)C(=O)OCOc1c2n(ncc1=O)[C@@H](C(c1ccccc1)c1ccccc1)CN(C(C)C)C2=O. The zero-order valence-electron chi connectivity index (χ0n) is 22.1. The molecule has 0 fully saturated rings. The van der Waals surface area contributed by atoms with E-state index < -0.39 is 24.2 Å². The predicted octanol–water partition coefficient (Wildman–Crippen LogP) is 3.34. The average molecular weight is 519 g/mol. The number of esters is 1. The number of nitrogens with two attached hydrogens (primary N) is 1. The van der Waals surface area contributed by atoms with Gasteiger partial charge in [0, 0.05) is 18.5 Å². The summed E-state index contributed by atoms with van der Waals surface area (Å²) in [5.41, 5.74) is 7.40. The van der Waals surface area contributed by atoms with Gasteiger partial charge in [0.1, 0.15) is 6.04 Å². The van der Waals surface area contributed by atoms with E-state index >= 15 is 0 Å². The molecule has 2 heterocycles. The molecule has 0 radical (unpaired) electrons. The van der Waals surface area contributed by atoms with Crippen molar-refractivity contribution in [1.29, 1.82) is 0 Å². The molecule has 4 rings (SSSR count). The molecular weight excluding hydrogens is 484 g/mol. The van der Waals surface area contributed by atoms with Gasteiger partial charge in [0.05, 0.1) is 12.2 Å². The second-order valence-corrected chi connectivity index (χ2v) is 10.0. The number of hydrogen-bond acceptors (Lipinski definition) is 7. The van der Waals surface area contributed by atoms with Crippen molar-refractivity contribution in [1.82, 2.24) is 14.7 Å². The summed E-state index contributed by atoms with van der Waals surface area (Å²) in [6, 6.07) is 18.7. The molecule has 1 aliphatic heterocycles. The Labute approximate surface area is 222 Å². The van der Waals surface area contributed by atoms with Crippen molar-refractivity contribution < 1.29 is 19.1 Å². The molecule has 0 saturated heterocycles. The van der Waals surface area contributed by atoms with Gasteiger partial charge in [0.25, 0.3) is 5.91 Å². The van der Waals surface area contributed by atoms with Crippen molar-refractivity contribution >= 4 is 11.9 Å². The van der Waals surface area contributed by atoms with Gasteiger partial charge < -0.3 is 20.1 Å². The van der Waals surface area contributed by atoms with E-state index in [1.165, 1.54) is 0 Å². The third kappa shape index (κ3) is 5.47. The van der Waals surface area contributed by atoms with Crippen LogP contribution in [0.4, 0.5) is 0 Å². The molecule has 1 aliphatic rings. The van der Waals surface area contributed by atoms with Crippen LogP contribution < -0.4 is 15.9 Å². The van der Waals surface area contributed by atoms with E-state index in [9.17, 15) is 14.4 Å². The second-order valence-electron chi connectivity index (χ2n) is 10.0. The fourth-order valence-electron chi connectivity index (χ4n) is 4.70. The zero-order chi connectivity index (χ0) is 27.4. The Morgan fingerprint density at radius 1 is 1.00 bits per heavy atom. The van der Waals surface area contributed by atoms with Crippen molar-refractivity contribution in [3.8, 4) is 5.75 Å². The summed E-state index contributed by atoms with van der Waals surface area (Å²) < 4.78 is 12.4. The number of fused-ring (bicyclic) bond motifs is 1. The normalized spacial score (nSPS) is 16.1. The van der Waals surface area contributed by atoms with Crippen LogP contribution in [0.2, 0.25) is 0 Å². The van der Waals surface area contributed by atoms with Gasteiger partial charge in [0.2, 0.25) is 18.0 Å². The van der Waals surface area contributed by atoms with Crippen LogP contribution in [-0.2, 0) is 9.53 Å². The number of aromatic nitrogens is 2. The maximum Gasteiger partial charge on any atom is 0.326 e. The fourth-order valence-corrected chi connectivity index (χ4v) is 4.70. The Balaban J connectivity index is 1.79. The van der Waals surface area contributed by atoms with Gasteiger partial charge in [-0.1, -0.05) is 74.5 Å². The highest BCUT2D eigenvalue weighted by atomic mass is 16.7. The number of hydrogen-bond donors (Lipinski definition) is 1. The molecule has 0 bridgehead atoms. The zero-order valence-corrected chi connectivity index (χ0v) is 22.1. The number of amides is 1. The molecule has 0 saturated carbocycles. The Bertz CT molecular complexity index is 1280. The molecule has 9 nitrogen and oxygen atoms in total. The molecule has 2 atom stereocenters. The molecule has 2 N–H and O–H groups in total. The quantitative estimate of drug-likeness (QED) is 0.341. The minimum absolute atomic E-state index is 0.0310. The summed E-state index contributed by atoms with van der Waals surface area (Å²) in [6.07, 6.45) is 1.14. The number of rotatable bonds is 9. The summed E-state index contributed by atoms with van der Waals surface area (Å²) in [6.45, 7) is 7.28. The topological polar surface area (TPSA) is 117 Å². The molecule has 0 unspecified atom stereocenters. The monoisotopic (exact) mass is 518 g/mol. The van der Waals surface area contributed by atoms with Crippen LogP contribution in [0.1, 0.15) is 61.3 Å². The lowest BCUT2D eigenvalue weighted by Gasteiger charge is -2.41. The summed E-state index contributed by atoms with van der Waals surface area (Å²) in [5, 5.41) is 4.42. The molecule has 0 spiro atoms. The molecule has 38 heavy (non-hydrogen) atoms. The van der Waals surface area contributed by atoms with E-state index in [4.69, 9.17) is 15.2 Å². The molecule has 0 aliphatic carbocycles. The van der Waals surface area contributed by atoms with Gasteiger partial charge in [-0.25, -0.2) is 0 Å². The van der Waals surface area contributed by atoms with E-state index in [2.05, 4.69) is 5.10 Å². The molecular formula is C29H34N4O5. The molecule has 200 valence electrons. The second kappa shape index (κ2) is 11.6. The third-order valence-corrected chi connectivity index (χ3v) is 6.85. The van der Waals surface area contributed by atoms with Gasteiger partial charge in [-0.3, -0.25) is 19.1 Å². The molecule has 3 aromatic rings. The lowest BCUT2D eigenvalue weighted by Crippen LogP contribution is -2.50. The first-order chi connectivity index (χ1) is 18.2. The van der Waals surface area contributed by atoms with Crippen molar-refractivity contribution in [3.05, 3.63) is 93.9 Å². The molecule has 9 heteroatoms. The van der Waals surface area contributed by atoms with Crippen LogP contribution >= 0.6 is 0 Å². The van der Waals surface area contributed by atoms with E-state index in [0.717, 1.165) is 17.3 Å². The Hall–Kier alpha value is -3.98. The highest BCUT2D eigenvalue weighted by Crippen LogP contribution is 2.39. The van der Waals surface area contributed by atoms with Crippen LogP contribution in [0, 0.1) is 5.92 Å². The summed E-state index contributed by atoms with van der Waals surface area (Å²) >= 11 is 0. The molecule has 2 aromatic carbocycles. The minimum atomic E-state index is -0.828. The lowest BCUT2D eigenvalue weighted by molar-refractivity contribution is -0.152. The number of carbonyl (C=O) groups is 2. The first kappa shape index (κ1) is 27.1. The van der Waals surface area contributed by atoms with Crippen molar-refractivity contribution in [3.63, 3.8) is 0 Å². The molecule has 1 aromatic heterocycles. The minimum Gasteiger partial charge on any atom is -0.451 e. The lowest BCUT2D eigenvalue weighted by atomic mass is 9.83. The van der Waals surface area contributed by atoms with Gasteiger partial charge in [-0.2, -0.15) is 5.10 Å². The summed E-state index contributed by atoms with van der Waals surface area (Å²) in [4.78, 5) is 40.5. The van der Waals surface area contributed by atoms with Crippen molar-refractivity contribution in [2.75, 3.05) is 13.3 Å². The van der Waals surface area contributed by atoms with E-state index in [1.807, 2.05) is 74.5 Å². The Morgan fingerprint density at radius 2 is 1.58 bits per heavy atom. The fraction of sp³-hybridized carbons (Fsp3) is 0.379. The number of nitrogens with zero attached hydrogens (tertiary/aromatic N) is 3. The van der Waals surface area contributed by atoms with Gasteiger partial charge >= 0.3 is 5.97 Å². The van der Waals surface area contributed by atoms with Crippen LogP contribution in [-0.4, -0.2) is 52.0 Å². The Morgan fingerprint density at radius 3 is 2.11 bits per heavy atom. The van der Waals surface area contributed by atoms with E-state index in [-0.39, 0.29) is 41.3 Å². The highest BCUT2D eigenvalue weighted by molar-refractivity contribution is 5.96. The number of benzene rings is 2. The van der Waals surface area contributed by atoms with Crippen LogP contribution in [0.3, 0.4) is 0 Å². The van der Waals surface area contributed by atoms with Crippen LogP contribution in [0.25, 0.3) is 0 Å². The van der Waals surface area contributed by atoms with E-state index in [0.29, 0.717) is 6.54 Å². The molecule has 1 amide bonds. The van der Waals surface area contributed by atoms with Gasteiger partial charge in [0.15, 0.2) is 5.69 Å². The van der Waals surface area contributed by atoms with Crippen LogP contribution in [0.5, 0.6) is 5.75 Å². The van der Waals surface area contributed by atoms with E-state index in [1.54, 1.807) is 23.4 Å². The Kier molecular flexibility index (Phi) is 8.26.